The highest BCUT2D eigenvalue weighted by atomic mass is 35.5. The number of hydrogen-bond donors (Lipinski definition) is 1. The lowest BCUT2D eigenvalue weighted by molar-refractivity contribution is -0.384. The van der Waals surface area contributed by atoms with Crippen LogP contribution in [0, 0.1) is 17.0 Å². The molecule has 2 aromatic carbocycles. The Balaban J connectivity index is 1.74. The number of aromatic nitrogens is 1. The minimum Gasteiger partial charge on any atom is -0.298 e. The van der Waals surface area contributed by atoms with Crippen molar-refractivity contribution in [3.05, 3.63) is 68.7 Å². The van der Waals surface area contributed by atoms with Gasteiger partial charge in [0, 0.05) is 23.2 Å². The molecule has 0 atom stereocenters. The number of halogens is 1. The number of nitro groups is 1. The number of nitrogens with one attached hydrogen (secondary N) is 1. The van der Waals surface area contributed by atoms with Crippen LogP contribution < -0.4 is 5.32 Å². The van der Waals surface area contributed by atoms with Crippen molar-refractivity contribution < 1.29 is 9.72 Å². The third-order valence-electron chi connectivity index (χ3n) is 3.41. The van der Waals surface area contributed by atoms with Gasteiger partial charge in [0.15, 0.2) is 5.13 Å². The molecule has 0 aliphatic heterocycles. The minimum atomic E-state index is -0.481. The number of amides is 1. The quantitative estimate of drug-likeness (QED) is 0.403. The summed E-state index contributed by atoms with van der Waals surface area (Å²) in [6.07, 6.45) is 2.82. The smallest absolute Gasteiger partial charge is 0.270 e. The van der Waals surface area contributed by atoms with Crippen molar-refractivity contribution in [1.29, 1.82) is 0 Å². The van der Waals surface area contributed by atoms with Crippen molar-refractivity contribution in [2.45, 2.75) is 6.92 Å². The molecular formula is C17H12ClN3O3S. The molecule has 3 aromatic rings. The Bertz CT molecular complexity index is 975. The summed E-state index contributed by atoms with van der Waals surface area (Å²) in [5.74, 6) is -0.367. The normalized spacial score (nSPS) is 11.1. The van der Waals surface area contributed by atoms with Crippen LogP contribution in [-0.2, 0) is 4.79 Å². The van der Waals surface area contributed by atoms with E-state index in [9.17, 15) is 14.9 Å². The highest BCUT2D eigenvalue weighted by Crippen LogP contribution is 2.30. The molecule has 8 heteroatoms. The number of carbonyl (C=O) groups excluding carboxylic acids is 1. The van der Waals surface area contributed by atoms with Crippen molar-refractivity contribution in [1.82, 2.24) is 4.98 Å². The molecule has 0 aliphatic carbocycles. The minimum absolute atomic E-state index is 0.0269. The number of anilines is 1. The lowest BCUT2D eigenvalue weighted by Gasteiger charge is -1.96. The highest BCUT2D eigenvalue weighted by Gasteiger charge is 2.08. The van der Waals surface area contributed by atoms with E-state index in [-0.39, 0.29) is 11.6 Å². The zero-order valence-electron chi connectivity index (χ0n) is 13.0. The Kier molecular flexibility index (Phi) is 4.78. The zero-order valence-corrected chi connectivity index (χ0v) is 14.6. The summed E-state index contributed by atoms with van der Waals surface area (Å²) in [5, 5.41) is 14.5. The highest BCUT2D eigenvalue weighted by molar-refractivity contribution is 7.22. The Morgan fingerprint density at radius 3 is 2.92 bits per heavy atom. The summed E-state index contributed by atoms with van der Waals surface area (Å²) in [6, 6.07) is 9.72. The predicted molar refractivity (Wildman–Crippen MR) is 100 cm³/mol. The SMILES string of the molecule is Cc1cc2sc(NC(=O)/C=C/c3cccc([N+](=O)[O-])c3)nc2cc1Cl. The van der Waals surface area contributed by atoms with Crippen LogP contribution >= 0.6 is 22.9 Å². The largest absolute Gasteiger partial charge is 0.298 e. The maximum atomic E-state index is 12.0. The number of aryl methyl sites for hydroxylation is 1. The molecule has 3 rings (SSSR count). The van der Waals surface area contributed by atoms with E-state index < -0.39 is 4.92 Å². The van der Waals surface area contributed by atoms with Gasteiger partial charge in [-0.15, -0.1) is 0 Å². The monoisotopic (exact) mass is 373 g/mol. The fourth-order valence-electron chi connectivity index (χ4n) is 2.16. The molecule has 1 aromatic heterocycles. The van der Waals surface area contributed by atoms with Gasteiger partial charge in [0.2, 0.25) is 5.91 Å². The molecule has 1 heterocycles. The topological polar surface area (TPSA) is 85.1 Å². The maximum Gasteiger partial charge on any atom is 0.270 e. The summed E-state index contributed by atoms with van der Waals surface area (Å²) >= 11 is 7.42. The van der Waals surface area contributed by atoms with E-state index in [0.29, 0.717) is 15.7 Å². The lowest BCUT2D eigenvalue weighted by atomic mass is 10.2. The van der Waals surface area contributed by atoms with Gasteiger partial charge in [-0.25, -0.2) is 4.98 Å². The fourth-order valence-corrected chi connectivity index (χ4v) is 3.27. The van der Waals surface area contributed by atoms with Crippen LogP contribution in [0.1, 0.15) is 11.1 Å². The summed E-state index contributed by atoms with van der Waals surface area (Å²) in [7, 11) is 0. The summed E-state index contributed by atoms with van der Waals surface area (Å²) in [5.41, 5.74) is 2.21. The molecule has 0 unspecified atom stereocenters. The molecule has 0 aliphatic rings. The number of hydrogen-bond acceptors (Lipinski definition) is 5. The van der Waals surface area contributed by atoms with Gasteiger partial charge >= 0.3 is 0 Å². The van der Waals surface area contributed by atoms with Crippen LogP contribution in [0.5, 0.6) is 0 Å². The average molecular weight is 374 g/mol. The van der Waals surface area contributed by atoms with E-state index in [4.69, 9.17) is 11.6 Å². The zero-order chi connectivity index (χ0) is 18.0. The first-order chi connectivity index (χ1) is 11.9. The Morgan fingerprint density at radius 1 is 1.36 bits per heavy atom. The maximum absolute atomic E-state index is 12.0. The standard InChI is InChI=1S/C17H12ClN3O3S/c1-10-7-15-14(9-13(10)18)19-17(25-15)20-16(22)6-5-11-3-2-4-12(8-11)21(23)24/h2-9H,1H3,(H,19,20,22)/b6-5+. The van der Waals surface area contributed by atoms with E-state index in [1.54, 1.807) is 18.2 Å². The summed E-state index contributed by atoms with van der Waals surface area (Å²) in [4.78, 5) is 26.6. The average Bonchev–Trinajstić information content (AvgIpc) is 2.94. The fraction of sp³-hybridized carbons (Fsp3) is 0.0588. The Hall–Kier alpha value is -2.77. The first-order valence-electron chi connectivity index (χ1n) is 7.22. The third kappa shape index (κ3) is 4.01. The van der Waals surface area contributed by atoms with Crippen molar-refractivity contribution >= 4 is 56.0 Å². The van der Waals surface area contributed by atoms with Crippen LogP contribution in [0.4, 0.5) is 10.8 Å². The molecule has 0 fully saturated rings. The second kappa shape index (κ2) is 7.00. The van der Waals surface area contributed by atoms with Gasteiger partial charge in [0.25, 0.3) is 5.69 Å². The number of fused-ring (bicyclic) bond motifs is 1. The molecule has 1 N–H and O–H groups in total. The van der Waals surface area contributed by atoms with Gasteiger partial charge < -0.3 is 0 Å². The van der Waals surface area contributed by atoms with Crippen LogP contribution in [0.15, 0.2) is 42.5 Å². The molecule has 0 spiro atoms. The van der Waals surface area contributed by atoms with Gasteiger partial charge in [-0.3, -0.25) is 20.2 Å². The van der Waals surface area contributed by atoms with Gasteiger partial charge in [0.05, 0.1) is 15.1 Å². The third-order valence-corrected chi connectivity index (χ3v) is 4.75. The molecule has 126 valence electrons. The first kappa shape index (κ1) is 17.1. The lowest BCUT2D eigenvalue weighted by Crippen LogP contribution is -2.07. The number of nitro benzene ring substituents is 1. The predicted octanol–water partition coefficient (Wildman–Crippen LogP) is 4.82. The second-order valence-electron chi connectivity index (χ2n) is 5.26. The summed E-state index contributed by atoms with van der Waals surface area (Å²) in [6.45, 7) is 1.90. The Morgan fingerprint density at radius 2 is 2.16 bits per heavy atom. The van der Waals surface area contributed by atoms with Gasteiger partial charge in [0.1, 0.15) is 0 Å². The molecule has 1 amide bonds. The number of rotatable bonds is 4. The van der Waals surface area contributed by atoms with E-state index in [2.05, 4.69) is 10.3 Å². The second-order valence-corrected chi connectivity index (χ2v) is 6.70. The van der Waals surface area contributed by atoms with Crippen LogP contribution in [-0.4, -0.2) is 15.8 Å². The van der Waals surface area contributed by atoms with Crippen molar-refractivity contribution in [2.24, 2.45) is 0 Å². The number of benzene rings is 2. The van der Waals surface area contributed by atoms with Gasteiger partial charge in [-0.1, -0.05) is 35.1 Å². The molecule has 6 nitrogen and oxygen atoms in total. The number of carbonyl (C=O) groups is 1. The van der Waals surface area contributed by atoms with Crippen molar-refractivity contribution in [3.63, 3.8) is 0 Å². The Labute approximate surface area is 151 Å². The van der Waals surface area contributed by atoms with Gasteiger partial charge in [-0.05, 0) is 36.3 Å². The van der Waals surface area contributed by atoms with Crippen molar-refractivity contribution in [2.75, 3.05) is 5.32 Å². The van der Waals surface area contributed by atoms with Crippen LogP contribution in [0.25, 0.3) is 16.3 Å². The van der Waals surface area contributed by atoms with E-state index in [1.165, 1.54) is 35.6 Å². The first-order valence-corrected chi connectivity index (χ1v) is 8.42. The number of non-ortho nitro benzene ring substituents is 1. The van der Waals surface area contributed by atoms with Crippen molar-refractivity contribution in [3.8, 4) is 0 Å². The number of thiazole rings is 1. The molecular weight excluding hydrogens is 362 g/mol. The van der Waals surface area contributed by atoms with Crippen LogP contribution in [0.2, 0.25) is 5.02 Å². The molecule has 0 saturated heterocycles. The van der Waals surface area contributed by atoms with Crippen LogP contribution in [0.3, 0.4) is 0 Å². The van der Waals surface area contributed by atoms with Gasteiger partial charge in [-0.2, -0.15) is 0 Å². The molecule has 0 radical (unpaired) electrons. The van der Waals surface area contributed by atoms with E-state index in [1.807, 2.05) is 13.0 Å². The molecule has 25 heavy (non-hydrogen) atoms. The summed E-state index contributed by atoms with van der Waals surface area (Å²) < 4.78 is 0.930. The number of nitrogens with zero attached hydrogens (tertiary/aromatic N) is 2. The molecule has 0 saturated carbocycles. The van der Waals surface area contributed by atoms with E-state index in [0.717, 1.165) is 15.8 Å². The van der Waals surface area contributed by atoms with E-state index >= 15 is 0 Å². The molecule has 0 bridgehead atoms.